The molecule has 0 spiro atoms. The summed E-state index contributed by atoms with van der Waals surface area (Å²) in [5.41, 5.74) is 0. The van der Waals surface area contributed by atoms with Crippen LogP contribution in [0.25, 0.3) is 0 Å². The van der Waals surface area contributed by atoms with Crippen molar-refractivity contribution in [1.29, 1.82) is 0 Å². The molecule has 74 valence electrons. The Labute approximate surface area is 117 Å². The Hall–Kier alpha value is 1.54. The van der Waals surface area contributed by atoms with E-state index in [1.807, 2.05) is 0 Å². The zero-order valence-electron chi connectivity index (χ0n) is 5.69. The third kappa shape index (κ3) is 2.76. The molecular formula is C6HCl5FeS. The minimum absolute atomic E-state index is 0. The monoisotopic (exact) mass is 336 g/mol. The van der Waals surface area contributed by atoms with Crippen LogP contribution in [0.15, 0.2) is 4.90 Å². The Bertz CT molecular complexity index is 235. The largest absolute Gasteiger partial charge is 0.140 e. The van der Waals surface area contributed by atoms with Gasteiger partial charge in [0.15, 0.2) is 0 Å². The van der Waals surface area contributed by atoms with Crippen molar-refractivity contribution in [2.45, 2.75) is 4.90 Å². The fourth-order valence-electron chi connectivity index (χ4n) is 0.593. The molecule has 0 radical (unpaired) electrons. The summed E-state index contributed by atoms with van der Waals surface area (Å²) < 4.78 is 0. The van der Waals surface area contributed by atoms with Crippen LogP contribution >= 0.6 is 70.6 Å². The van der Waals surface area contributed by atoms with E-state index in [1.54, 1.807) is 0 Å². The van der Waals surface area contributed by atoms with Gasteiger partial charge in [0.25, 0.3) is 0 Å². The van der Waals surface area contributed by atoms with Crippen molar-refractivity contribution in [2.24, 2.45) is 0 Å². The van der Waals surface area contributed by atoms with Crippen LogP contribution in [-0.4, -0.2) is 0 Å². The summed E-state index contributed by atoms with van der Waals surface area (Å²) in [7, 11) is 0. The van der Waals surface area contributed by atoms with Gasteiger partial charge in [-0.15, -0.1) is 12.6 Å². The number of benzene rings is 1. The van der Waals surface area contributed by atoms with Crippen molar-refractivity contribution in [1.82, 2.24) is 0 Å². The van der Waals surface area contributed by atoms with E-state index >= 15 is 0 Å². The summed E-state index contributed by atoms with van der Waals surface area (Å²) in [6, 6.07) is 0. The molecule has 0 saturated carbocycles. The maximum absolute atomic E-state index is 5.72. The molecule has 1 rings (SSSR count). The molecule has 0 amide bonds. The van der Waals surface area contributed by atoms with Gasteiger partial charge in [0.05, 0.1) is 25.1 Å². The number of hydrogen-bond acceptors (Lipinski definition) is 1. The van der Waals surface area contributed by atoms with E-state index in [2.05, 4.69) is 12.6 Å². The number of halogens is 5. The second-order valence-corrected chi connectivity index (χ2v) is 4.26. The van der Waals surface area contributed by atoms with Gasteiger partial charge in [-0.3, -0.25) is 0 Å². The van der Waals surface area contributed by atoms with Crippen molar-refractivity contribution in [3.63, 3.8) is 0 Å². The molecule has 7 heteroatoms. The quantitative estimate of drug-likeness (QED) is 0.284. The molecule has 0 saturated heterocycles. The summed E-state index contributed by atoms with van der Waals surface area (Å²) in [6.07, 6.45) is 0. The molecule has 0 bridgehead atoms. The van der Waals surface area contributed by atoms with Gasteiger partial charge in [0.2, 0.25) is 0 Å². The molecule has 1 aromatic rings. The first-order chi connectivity index (χ1) is 5.46. The van der Waals surface area contributed by atoms with Crippen molar-refractivity contribution < 1.29 is 17.1 Å². The average molecular weight is 338 g/mol. The summed E-state index contributed by atoms with van der Waals surface area (Å²) in [6.45, 7) is 0. The zero-order valence-corrected chi connectivity index (χ0v) is 11.5. The molecule has 0 aliphatic carbocycles. The maximum Gasteiger partial charge on any atom is 0.0809 e. The van der Waals surface area contributed by atoms with Crippen LogP contribution in [0.4, 0.5) is 0 Å². The molecule has 0 nitrogen and oxygen atoms in total. The van der Waals surface area contributed by atoms with Crippen LogP contribution in [0.1, 0.15) is 0 Å². The number of hydrogen-bond donors (Lipinski definition) is 1. The molecule has 0 N–H and O–H groups in total. The zero-order chi connectivity index (χ0) is 9.46. The van der Waals surface area contributed by atoms with Crippen LogP contribution < -0.4 is 0 Å². The second kappa shape index (κ2) is 5.58. The van der Waals surface area contributed by atoms with E-state index < -0.39 is 0 Å². The first kappa shape index (κ1) is 14.5. The predicted molar refractivity (Wildman–Crippen MR) is 58.7 cm³/mol. The van der Waals surface area contributed by atoms with E-state index in [0.29, 0.717) is 4.90 Å². The van der Waals surface area contributed by atoms with Gasteiger partial charge in [-0.2, -0.15) is 0 Å². The van der Waals surface area contributed by atoms with Gasteiger partial charge in [-0.1, -0.05) is 58.0 Å². The molecule has 0 fully saturated rings. The summed E-state index contributed by atoms with van der Waals surface area (Å²) in [5, 5.41) is 0.889. The van der Waals surface area contributed by atoms with E-state index in [-0.39, 0.29) is 42.2 Å². The molecule has 0 aliphatic rings. The van der Waals surface area contributed by atoms with E-state index in [1.165, 1.54) is 0 Å². The minimum Gasteiger partial charge on any atom is -0.140 e. The first-order valence-electron chi connectivity index (χ1n) is 2.67. The van der Waals surface area contributed by atoms with E-state index in [4.69, 9.17) is 58.0 Å². The fourth-order valence-corrected chi connectivity index (χ4v) is 2.09. The van der Waals surface area contributed by atoms with Crippen LogP contribution in [0.5, 0.6) is 0 Å². The number of rotatable bonds is 0. The molecule has 13 heavy (non-hydrogen) atoms. The summed E-state index contributed by atoms with van der Waals surface area (Å²) in [4.78, 5) is 0.331. The Morgan fingerprint density at radius 2 is 0.846 bits per heavy atom. The van der Waals surface area contributed by atoms with Crippen LogP contribution in [0, 0.1) is 0 Å². The average Bonchev–Trinajstić information content (AvgIpc) is 2.08. The third-order valence-corrected chi connectivity index (χ3v) is 4.17. The molecule has 0 aromatic heterocycles. The summed E-state index contributed by atoms with van der Waals surface area (Å²) in [5.74, 6) is 0. The van der Waals surface area contributed by atoms with Gasteiger partial charge in [-0.05, 0) is 0 Å². The molecule has 0 heterocycles. The van der Waals surface area contributed by atoms with Gasteiger partial charge in [0, 0.05) is 22.0 Å². The van der Waals surface area contributed by atoms with Crippen molar-refractivity contribution in [3.05, 3.63) is 25.1 Å². The normalized spacial score (nSPS) is 9.69. The standard InChI is InChI=1S/C6HCl5S.Fe/c7-1-2(8)4(10)6(12)5(11)3(1)9;/h12H;. The molecule has 1 aromatic carbocycles. The van der Waals surface area contributed by atoms with Crippen molar-refractivity contribution in [3.8, 4) is 0 Å². The van der Waals surface area contributed by atoms with Crippen LogP contribution in [0.3, 0.4) is 0 Å². The topological polar surface area (TPSA) is 0 Å². The Morgan fingerprint density at radius 1 is 0.615 bits per heavy atom. The molecule has 0 aliphatic heterocycles. The molecular weight excluding hydrogens is 337 g/mol. The number of thiol groups is 1. The molecule has 0 atom stereocenters. The predicted octanol–water partition coefficient (Wildman–Crippen LogP) is 5.24. The van der Waals surface area contributed by atoms with Gasteiger partial charge in [-0.25, -0.2) is 0 Å². The van der Waals surface area contributed by atoms with Gasteiger partial charge < -0.3 is 0 Å². The van der Waals surface area contributed by atoms with Crippen molar-refractivity contribution in [2.75, 3.05) is 0 Å². The third-order valence-electron chi connectivity index (χ3n) is 1.19. The Balaban J connectivity index is 0.00000144. The summed E-state index contributed by atoms with van der Waals surface area (Å²) >= 11 is 32.6. The first-order valence-corrected chi connectivity index (χ1v) is 5.01. The Kier molecular flexibility index (Phi) is 6.24. The molecule has 0 unspecified atom stereocenters. The van der Waals surface area contributed by atoms with Gasteiger partial charge >= 0.3 is 0 Å². The van der Waals surface area contributed by atoms with E-state index in [0.717, 1.165) is 0 Å². The van der Waals surface area contributed by atoms with Crippen molar-refractivity contribution >= 4 is 70.6 Å². The van der Waals surface area contributed by atoms with Crippen LogP contribution in [0.2, 0.25) is 25.1 Å². The SMILES string of the molecule is Sc1c(Cl)c(Cl)c(Cl)c(Cl)c1Cl.[Fe]. The minimum atomic E-state index is 0. The Morgan fingerprint density at radius 3 is 1.15 bits per heavy atom. The smallest absolute Gasteiger partial charge is 0.0809 e. The fraction of sp³-hybridized carbons (Fsp3) is 0. The van der Waals surface area contributed by atoms with E-state index in [9.17, 15) is 0 Å². The van der Waals surface area contributed by atoms with Gasteiger partial charge in [0.1, 0.15) is 0 Å². The second-order valence-electron chi connectivity index (χ2n) is 1.92. The maximum atomic E-state index is 5.72. The van der Waals surface area contributed by atoms with Crippen LogP contribution in [-0.2, 0) is 17.1 Å².